The van der Waals surface area contributed by atoms with Crippen molar-refractivity contribution in [3.8, 4) is 0 Å². The van der Waals surface area contributed by atoms with Crippen LogP contribution in [0.3, 0.4) is 0 Å². The Morgan fingerprint density at radius 3 is 2.88 bits per heavy atom. The van der Waals surface area contributed by atoms with Crippen molar-refractivity contribution < 1.29 is 5.11 Å². The summed E-state index contributed by atoms with van der Waals surface area (Å²) in [6, 6.07) is 10.3. The molecule has 1 aromatic carbocycles. The number of fused-ring (bicyclic) bond motifs is 1. The van der Waals surface area contributed by atoms with Gasteiger partial charge in [-0.05, 0) is 24.9 Å². The summed E-state index contributed by atoms with van der Waals surface area (Å²) in [5.74, 6) is 0. The fourth-order valence-electron chi connectivity index (χ4n) is 1.97. The Kier molecular flexibility index (Phi) is 3.49. The van der Waals surface area contributed by atoms with E-state index in [1.807, 2.05) is 31.4 Å². The SMILES string of the molecule is CN[C@@H](CCO)c1nccc2ccccc12. The molecule has 2 N–H and O–H groups in total. The third-order valence-corrected chi connectivity index (χ3v) is 2.80. The number of benzene rings is 1. The van der Waals surface area contributed by atoms with Gasteiger partial charge in [0.1, 0.15) is 0 Å². The molecule has 0 aliphatic rings. The summed E-state index contributed by atoms with van der Waals surface area (Å²) in [6.07, 6.45) is 2.50. The Hall–Kier alpha value is -1.45. The number of aliphatic hydroxyl groups excluding tert-OH is 1. The van der Waals surface area contributed by atoms with Gasteiger partial charge in [-0.25, -0.2) is 0 Å². The predicted octanol–water partition coefficient (Wildman–Crippen LogP) is 1.88. The highest BCUT2D eigenvalue weighted by Crippen LogP contribution is 2.23. The van der Waals surface area contributed by atoms with E-state index in [4.69, 9.17) is 5.11 Å². The molecule has 0 aliphatic carbocycles. The Morgan fingerprint density at radius 2 is 2.12 bits per heavy atom. The lowest BCUT2D eigenvalue weighted by molar-refractivity contribution is 0.268. The van der Waals surface area contributed by atoms with Gasteiger partial charge in [-0.3, -0.25) is 4.98 Å². The maximum atomic E-state index is 9.03. The molecule has 0 saturated carbocycles. The highest BCUT2D eigenvalue weighted by Gasteiger charge is 2.12. The van der Waals surface area contributed by atoms with Gasteiger partial charge < -0.3 is 10.4 Å². The maximum Gasteiger partial charge on any atom is 0.0652 e. The smallest absolute Gasteiger partial charge is 0.0652 e. The van der Waals surface area contributed by atoms with E-state index >= 15 is 0 Å². The zero-order chi connectivity index (χ0) is 11.4. The first-order valence-corrected chi connectivity index (χ1v) is 5.48. The molecule has 0 radical (unpaired) electrons. The molecular weight excluding hydrogens is 200 g/mol. The zero-order valence-electron chi connectivity index (χ0n) is 9.35. The van der Waals surface area contributed by atoms with Crippen LogP contribution in [0.15, 0.2) is 36.5 Å². The van der Waals surface area contributed by atoms with Crippen LogP contribution >= 0.6 is 0 Å². The lowest BCUT2D eigenvalue weighted by atomic mass is 10.0. The number of aromatic nitrogens is 1. The van der Waals surface area contributed by atoms with Crippen LogP contribution in [0.4, 0.5) is 0 Å². The second-order valence-corrected chi connectivity index (χ2v) is 3.77. The Morgan fingerprint density at radius 1 is 1.31 bits per heavy atom. The van der Waals surface area contributed by atoms with Gasteiger partial charge in [0.2, 0.25) is 0 Å². The van der Waals surface area contributed by atoms with Crippen molar-refractivity contribution in [2.24, 2.45) is 0 Å². The van der Waals surface area contributed by atoms with Crippen molar-refractivity contribution in [1.82, 2.24) is 10.3 Å². The zero-order valence-corrected chi connectivity index (χ0v) is 9.35. The summed E-state index contributed by atoms with van der Waals surface area (Å²) in [5.41, 5.74) is 1.01. The second kappa shape index (κ2) is 5.05. The van der Waals surface area contributed by atoms with Gasteiger partial charge in [0, 0.05) is 18.2 Å². The first-order chi connectivity index (χ1) is 7.86. The van der Waals surface area contributed by atoms with Gasteiger partial charge in [-0.1, -0.05) is 24.3 Å². The largest absolute Gasteiger partial charge is 0.396 e. The molecule has 3 heteroatoms. The van der Waals surface area contributed by atoms with E-state index in [2.05, 4.69) is 22.4 Å². The van der Waals surface area contributed by atoms with Gasteiger partial charge in [-0.15, -0.1) is 0 Å². The fraction of sp³-hybridized carbons (Fsp3) is 0.308. The monoisotopic (exact) mass is 216 g/mol. The summed E-state index contributed by atoms with van der Waals surface area (Å²) in [5, 5.41) is 14.6. The average molecular weight is 216 g/mol. The average Bonchev–Trinajstić information content (AvgIpc) is 2.35. The Bertz CT molecular complexity index is 465. The number of pyridine rings is 1. The molecule has 1 atom stereocenters. The highest BCUT2D eigenvalue weighted by molar-refractivity contribution is 5.84. The third kappa shape index (κ3) is 2.05. The first kappa shape index (κ1) is 11.0. The van der Waals surface area contributed by atoms with Gasteiger partial charge in [0.15, 0.2) is 0 Å². The van der Waals surface area contributed by atoms with Crippen LogP contribution in [-0.4, -0.2) is 23.7 Å². The van der Waals surface area contributed by atoms with Crippen LogP contribution in [0.25, 0.3) is 10.8 Å². The van der Waals surface area contributed by atoms with Crippen LogP contribution in [0.5, 0.6) is 0 Å². The van der Waals surface area contributed by atoms with Gasteiger partial charge in [0.05, 0.1) is 11.7 Å². The minimum absolute atomic E-state index is 0.107. The molecule has 1 aromatic heterocycles. The van der Waals surface area contributed by atoms with Crippen molar-refractivity contribution in [3.05, 3.63) is 42.2 Å². The first-order valence-electron chi connectivity index (χ1n) is 5.48. The molecule has 0 unspecified atom stereocenters. The molecule has 3 nitrogen and oxygen atoms in total. The topological polar surface area (TPSA) is 45.1 Å². The van der Waals surface area contributed by atoms with E-state index in [1.54, 1.807) is 0 Å². The van der Waals surface area contributed by atoms with Crippen molar-refractivity contribution in [3.63, 3.8) is 0 Å². The maximum absolute atomic E-state index is 9.03. The van der Waals surface area contributed by atoms with Gasteiger partial charge >= 0.3 is 0 Å². The summed E-state index contributed by atoms with van der Waals surface area (Å²) < 4.78 is 0. The van der Waals surface area contributed by atoms with E-state index in [0.29, 0.717) is 6.42 Å². The standard InChI is InChI=1S/C13H16N2O/c1-14-12(7-9-16)13-11-5-3-2-4-10(11)6-8-15-13/h2-6,8,12,14,16H,7,9H2,1H3/t12-/m0/s1. The number of hydrogen-bond acceptors (Lipinski definition) is 3. The highest BCUT2D eigenvalue weighted by atomic mass is 16.3. The normalized spacial score (nSPS) is 12.9. The van der Waals surface area contributed by atoms with E-state index in [0.717, 1.165) is 11.1 Å². The number of rotatable bonds is 4. The summed E-state index contributed by atoms with van der Waals surface area (Å²) in [7, 11) is 1.89. The van der Waals surface area contributed by atoms with Gasteiger partial charge in [-0.2, -0.15) is 0 Å². The number of aliphatic hydroxyl groups is 1. The molecule has 16 heavy (non-hydrogen) atoms. The minimum atomic E-state index is 0.107. The van der Waals surface area contributed by atoms with E-state index < -0.39 is 0 Å². The molecule has 2 aromatic rings. The van der Waals surface area contributed by atoms with Crippen LogP contribution in [0.1, 0.15) is 18.2 Å². The molecule has 0 fully saturated rings. The Balaban J connectivity index is 2.50. The molecule has 84 valence electrons. The molecule has 0 aliphatic heterocycles. The van der Waals surface area contributed by atoms with Crippen molar-refractivity contribution in [2.75, 3.05) is 13.7 Å². The predicted molar refractivity (Wildman–Crippen MR) is 65.2 cm³/mol. The Labute approximate surface area is 95.1 Å². The van der Waals surface area contributed by atoms with Crippen molar-refractivity contribution >= 4 is 10.8 Å². The molecule has 0 amide bonds. The van der Waals surface area contributed by atoms with Crippen molar-refractivity contribution in [2.45, 2.75) is 12.5 Å². The quantitative estimate of drug-likeness (QED) is 0.820. The molecule has 0 spiro atoms. The number of hydrogen-bond donors (Lipinski definition) is 2. The second-order valence-electron chi connectivity index (χ2n) is 3.77. The fourth-order valence-corrected chi connectivity index (χ4v) is 1.97. The summed E-state index contributed by atoms with van der Waals surface area (Å²) in [4.78, 5) is 4.42. The van der Waals surface area contributed by atoms with Gasteiger partial charge in [0.25, 0.3) is 0 Å². The summed E-state index contributed by atoms with van der Waals surface area (Å²) >= 11 is 0. The van der Waals surface area contributed by atoms with E-state index in [1.165, 1.54) is 5.39 Å². The van der Waals surface area contributed by atoms with Crippen molar-refractivity contribution in [1.29, 1.82) is 0 Å². The molecule has 2 rings (SSSR count). The lowest BCUT2D eigenvalue weighted by Crippen LogP contribution is -2.19. The lowest BCUT2D eigenvalue weighted by Gasteiger charge is -2.16. The van der Waals surface area contributed by atoms with E-state index in [9.17, 15) is 0 Å². The van der Waals surface area contributed by atoms with Crippen LogP contribution in [-0.2, 0) is 0 Å². The van der Waals surface area contributed by atoms with E-state index in [-0.39, 0.29) is 12.6 Å². The minimum Gasteiger partial charge on any atom is -0.396 e. The number of nitrogens with zero attached hydrogens (tertiary/aromatic N) is 1. The summed E-state index contributed by atoms with van der Waals surface area (Å²) in [6.45, 7) is 0.163. The third-order valence-electron chi connectivity index (χ3n) is 2.80. The molecule has 0 saturated heterocycles. The van der Waals surface area contributed by atoms with Crippen LogP contribution in [0.2, 0.25) is 0 Å². The molecule has 0 bridgehead atoms. The number of nitrogens with one attached hydrogen (secondary N) is 1. The molecule has 1 heterocycles. The van der Waals surface area contributed by atoms with Crippen LogP contribution < -0.4 is 5.32 Å². The van der Waals surface area contributed by atoms with Crippen LogP contribution in [0, 0.1) is 0 Å². The molecular formula is C13H16N2O.